The lowest BCUT2D eigenvalue weighted by Crippen LogP contribution is -2.67. The van der Waals surface area contributed by atoms with Gasteiger partial charge in [0.15, 0.2) is 0 Å². The molecule has 0 heterocycles. The van der Waals surface area contributed by atoms with Gasteiger partial charge in [0, 0.05) is 6.54 Å². The van der Waals surface area contributed by atoms with Crippen molar-refractivity contribution in [2.24, 2.45) is 5.73 Å². The summed E-state index contributed by atoms with van der Waals surface area (Å²) >= 11 is 0. The lowest BCUT2D eigenvalue weighted by Gasteiger charge is -2.44. The lowest BCUT2D eigenvalue weighted by molar-refractivity contribution is 0.104. The van der Waals surface area contributed by atoms with Crippen LogP contribution in [0.25, 0.3) is 0 Å². The Morgan fingerprint density at radius 3 is 1.60 bits per heavy atom. The molecule has 2 nitrogen and oxygen atoms in total. The van der Waals surface area contributed by atoms with Gasteiger partial charge in [-0.2, -0.15) is 0 Å². The van der Waals surface area contributed by atoms with Gasteiger partial charge in [0.25, 0.3) is 8.32 Å². The zero-order chi connectivity index (χ0) is 17.8. The molecule has 0 aromatic heterocycles. The Labute approximate surface area is 158 Å². The number of halogens is 2. The van der Waals surface area contributed by atoms with Crippen molar-refractivity contribution in [1.82, 2.24) is 0 Å². The molecule has 0 aliphatic rings. The molecule has 0 fully saturated rings. The van der Waals surface area contributed by atoms with E-state index in [9.17, 15) is 4.39 Å². The molecule has 2 aromatic rings. The Kier molecular flexibility index (Phi) is 7.38. The first-order valence-corrected chi connectivity index (χ1v) is 10.3. The van der Waals surface area contributed by atoms with Crippen LogP contribution in [0.4, 0.5) is 4.39 Å². The monoisotopic (exact) mass is 381 g/mol. The van der Waals surface area contributed by atoms with Crippen molar-refractivity contribution in [1.29, 1.82) is 0 Å². The standard InChI is InChI=1S/C20H28FNOSi.ClH/c1-19(2,3)24(17-11-7-5-8-12-17,18-13-9-6-10-14-18)23-16-20(4,21)15-22;/h5-14H,15-16,22H2,1-4H3;1H/t20-;/m0./s1. The fraction of sp³-hybridized carbons (Fsp3) is 0.400. The van der Waals surface area contributed by atoms with Crippen LogP contribution in [0.1, 0.15) is 27.7 Å². The summed E-state index contributed by atoms with van der Waals surface area (Å²) in [7, 11) is -2.67. The first-order valence-electron chi connectivity index (χ1n) is 8.37. The van der Waals surface area contributed by atoms with E-state index in [1.165, 1.54) is 6.92 Å². The average molecular weight is 382 g/mol. The van der Waals surface area contributed by atoms with Gasteiger partial charge in [-0.15, -0.1) is 12.4 Å². The Hall–Kier alpha value is -1.20. The van der Waals surface area contributed by atoms with E-state index in [0.29, 0.717) is 0 Å². The Bertz CT molecular complexity index is 604. The second-order valence-corrected chi connectivity index (χ2v) is 11.9. The quantitative estimate of drug-likeness (QED) is 0.775. The molecule has 25 heavy (non-hydrogen) atoms. The summed E-state index contributed by atoms with van der Waals surface area (Å²) in [4.78, 5) is 0. The molecule has 2 aromatic carbocycles. The van der Waals surface area contributed by atoms with E-state index in [1.807, 2.05) is 36.4 Å². The van der Waals surface area contributed by atoms with Gasteiger partial charge in [-0.3, -0.25) is 0 Å². The predicted octanol–water partition coefficient (Wildman–Crippen LogP) is 3.67. The second kappa shape index (κ2) is 8.45. The smallest absolute Gasteiger partial charge is 0.261 e. The molecule has 0 spiro atoms. The summed E-state index contributed by atoms with van der Waals surface area (Å²) in [5, 5.41) is 2.15. The third kappa shape index (κ3) is 4.70. The van der Waals surface area contributed by atoms with Crippen LogP contribution < -0.4 is 16.1 Å². The lowest BCUT2D eigenvalue weighted by atomic mass is 10.1. The third-order valence-electron chi connectivity index (χ3n) is 4.43. The van der Waals surface area contributed by atoms with Crippen molar-refractivity contribution in [3.8, 4) is 0 Å². The number of hydrogen-bond acceptors (Lipinski definition) is 2. The van der Waals surface area contributed by atoms with E-state index < -0.39 is 14.0 Å². The van der Waals surface area contributed by atoms with E-state index in [4.69, 9.17) is 10.2 Å². The van der Waals surface area contributed by atoms with Gasteiger partial charge in [-0.1, -0.05) is 81.4 Å². The normalized spacial score (nSPS) is 14.5. The maximum absolute atomic E-state index is 14.5. The van der Waals surface area contributed by atoms with Crippen molar-refractivity contribution < 1.29 is 8.82 Å². The average Bonchev–Trinajstić information content (AvgIpc) is 2.56. The summed E-state index contributed by atoms with van der Waals surface area (Å²) in [6.45, 7) is 7.98. The van der Waals surface area contributed by atoms with Crippen molar-refractivity contribution in [3.63, 3.8) is 0 Å². The minimum atomic E-state index is -2.67. The van der Waals surface area contributed by atoms with Crippen LogP contribution in [0.5, 0.6) is 0 Å². The van der Waals surface area contributed by atoms with E-state index in [0.717, 1.165) is 10.4 Å². The van der Waals surface area contributed by atoms with Crippen LogP contribution in [-0.2, 0) is 4.43 Å². The highest BCUT2D eigenvalue weighted by molar-refractivity contribution is 6.99. The molecule has 2 rings (SSSR count). The van der Waals surface area contributed by atoms with Crippen LogP contribution in [0.15, 0.2) is 60.7 Å². The fourth-order valence-electron chi connectivity index (χ4n) is 3.08. The zero-order valence-corrected chi connectivity index (χ0v) is 17.3. The van der Waals surface area contributed by atoms with Gasteiger partial charge in [-0.25, -0.2) is 4.39 Å². The molecule has 0 radical (unpaired) electrons. The zero-order valence-electron chi connectivity index (χ0n) is 15.5. The van der Waals surface area contributed by atoms with Crippen molar-refractivity contribution >= 4 is 31.1 Å². The number of rotatable bonds is 6. The topological polar surface area (TPSA) is 35.2 Å². The van der Waals surface area contributed by atoms with Gasteiger partial charge in [0.05, 0.1) is 6.61 Å². The van der Waals surface area contributed by atoms with E-state index in [1.54, 1.807) is 0 Å². The van der Waals surface area contributed by atoms with Crippen LogP contribution in [0, 0.1) is 0 Å². The highest BCUT2D eigenvalue weighted by Crippen LogP contribution is 2.37. The van der Waals surface area contributed by atoms with Crippen molar-refractivity contribution in [2.75, 3.05) is 13.2 Å². The maximum atomic E-state index is 14.5. The first kappa shape index (κ1) is 21.8. The molecule has 0 bridgehead atoms. The van der Waals surface area contributed by atoms with Gasteiger partial charge < -0.3 is 10.2 Å². The Morgan fingerprint density at radius 2 is 1.28 bits per heavy atom. The largest absolute Gasteiger partial charge is 0.404 e. The predicted molar refractivity (Wildman–Crippen MR) is 109 cm³/mol. The molecule has 0 amide bonds. The first-order chi connectivity index (χ1) is 11.2. The van der Waals surface area contributed by atoms with Gasteiger partial charge in [0.1, 0.15) is 5.67 Å². The molecule has 2 N–H and O–H groups in total. The van der Waals surface area contributed by atoms with Crippen LogP contribution >= 0.6 is 12.4 Å². The molecule has 0 unspecified atom stereocenters. The highest BCUT2D eigenvalue weighted by atomic mass is 35.5. The number of benzene rings is 2. The Morgan fingerprint density at radius 1 is 0.880 bits per heavy atom. The molecule has 138 valence electrons. The molecule has 5 heteroatoms. The number of hydrogen-bond donors (Lipinski definition) is 1. The Balaban J connectivity index is 0.00000312. The molecular formula is C20H29ClFNOSi. The third-order valence-corrected chi connectivity index (χ3v) is 9.41. The summed E-state index contributed by atoms with van der Waals surface area (Å²) in [5.74, 6) is 0. The molecule has 0 saturated heterocycles. The van der Waals surface area contributed by atoms with E-state index >= 15 is 0 Å². The minimum Gasteiger partial charge on any atom is -0.404 e. The molecule has 0 saturated carbocycles. The highest BCUT2D eigenvalue weighted by Gasteiger charge is 2.51. The van der Waals surface area contributed by atoms with Gasteiger partial charge in [-0.05, 0) is 22.3 Å². The van der Waals surface area contributed by atoms with Crippen LogP contribution in [0.3, 0.4) is 0 Å². The SMILES string of the molecule is CC(C)(C)[Si](OC[C@@](C)(F)CN)(c1ccccc1)c1ccccc1.Cl. The molecule has 1 atom stereocenters. The van der Waals surface area contributed by atoms with E-state index in [2.05, 4.69) is 45.0 Å². The molecule has 0 aliphatic carbocycles. The van der Waals surface area contributed by atoms with Crippen molar-refractivity contribution in [2.45, 2.75) is 38.4 Å². The summed E-state index contributed by atoms with van der Waals surface area (Å²) in [6.07, 6.45) is 0. The number of nitrogens with two attached hydrogens (primary N) is 1. The van der Waals surface area contributed by atoms with E-state index in [-0.39, 0.29) is 30.6 Å². The van der Waals surface area contributed by atoms with Gasteiger partial charge in [0.2, 0.25) is 0 Å². The number of alkyl halides is 1. The van der Waals surface area contributed by atoms with Crippen LogP contribution in [0.2, 0.25) is 5.04 Å². The van der Waals surface area contributed by atoms with Gasteiger partial charge >= 0.3 is 0 Å². The molecule has 0 aliphatic heterocycles. The second-order valence-electron chi connectivity index (χ2n) is 7.57. The molecular weight excluding hydrogens is 353 g/mol. The van der Waals surface area contributed by atoms with Crippen molar-refractivity contribution in [3.05, 3.63) is 60.7 Å². The van der Waals surface area contributed by atoms with Crippen LogP contribution in [-0.4, -0.2) is 27.1 Å². The fourth-order valence-corrected chi connectivity index (χ4v) is 7.75. The summed E-state index contributed by atoms with van der Waals surface area (Å²) in [6, 6.07) is 20.5. The summed E-state index contributed by atoms with van der Waals surface area (Å²) in [5.41, 5.74) is 4.05. The maximum Gasteiger partial charge on any atom is 0.261 e. The minimum absolute atomic E-state index is 0. The summed E-state index contributed by atoms with van der Waals surface area (Å²) < 4.78 is 21.0.